The topological polar surface area (TPSA) is 116 Å². The molecular formula is C18H19Cl3N2O6S2. The number of phenols is 1. The van der Waals surface area contributed by atoms with E-state index in [0.717, 1.165) is 30.5 Å². The van der Waals surface area contributed by atoms with Gasteiger partial charge in [0.1, 0.15) is 24.9 Å². The summed E-state index contributed by atoms with van der Waals surface area (Å²) < 4.78 is 33.4. The third-order valence-corrected chi connectivity index (χ3v) is 8.74. The number of morpholine rings is 1. The molecule has 31 heavy (non-hydrogen) atoms. The third-order valence-electron chi connectivity index (χ3n) is 4.76. The number of benzene rings is 1. The van der Waals surface area contributed by atoms with E-state index in [0.29, 0.717) is 26.2 Å². The maximum absolute atomic E-state index is 12.9. The molecule has 2 aromatic rings. The van der Waals surface area contributed by atoms with Crippen LogP contribution < -0.4 is 4.72 Å². The van der Waals surface area contributed by atoms with Crippen molar-refractivity contribution in [3.63, 3.8) is 0 Å². The van der Waals surface area contributed by atoms with Gasteiger partial charge in [0.2, 0.25) is 0 Å². The highest BCUT2D eigenvalue weighted by atomic mass is 35.5. The lowest BCUT2D eigenvalue weighted by Gasteiger charge is -2.26. The van der Waals surface area contributed by atoms with Crippen molar-refractivity contribution >= 4 is 67.8 Å². The van der Waals surface area contributed by atoms with Gasteiger partial charge in [0.25, 0.3) is 10.0 Å². The Kier molecular flexibility index (Phi) is 7.95. The average molecular weight is 530 g/mol. The molecule has 0 amide bonds. The van der Waals surface area contributed by atoms with Crippen molar-refractivity contribution in [3.05, 3.63) is 37.0 Å². The summed E-state index contributed by atoms with van der Waals surface area (Å²) in [7, 11) is -4.25. The second kappa shape index (κ2) is 10.1. The maximum Gasteiger partial charge on any atom is 0.339 e. The number of nitrogens with one attached hydrogen (secondary N) is 1. The molecule has 0 spiro atoms. The second-order valence-electron chi connectivity index (χ2n) is 6.75. The fourth-order valence-corrected chi connectivity index (χ4v) is 7.17. The minimum atomic E-state index is -4.25. The fourth-order valence-electron chi connectivity index (χ4n) is 3.23. The molecule has 1 aromatic carbocycles. The molecule has 1 aliphatic heterocycles. The van der Waals surface area contributed by atoms with Crippen molar-refractivity contribution in [1.29, 1.82) is 0 Å². The summed E-state index contributed by atoms with van der Waals surface area (Å²) >= 11 is 18.7. The molecule has 1 aromatic heterocycles. The molecule has 13 heteroatoms. The first kappa shape index (κ1) is 24.4. The molecule has 170 valence electrons. The van der Waals surface area contributed by atoms with E-state index in [1.165, 1.54) is 6.07 Å². The Morgan fingerprint density at radius 2 is 1.87 bits per heavy atom. The van der Waals surface area contributed by atoms with Crippen LogP contribution in [0.15, 0.2) is 17.0 Å². The van der Waals surface area contributed by atoms with Crippen LogP contribution in [0.25, 0.3) is 0 Å². The van der Waals surface area contributed by atoms with Crippen LogP contribution in [0.5, 0.6) is 5.75 Å². The van der Waals surface area contributed by atoms with Gasteiger partial charge < -0.3 is 14.9 Å². The van der Waals surface area contributed by atoms with Crippen LogP contribution in [-0.4, -0.2) is 62.3 Å². The number of aromatic carboxylic acids is 1. The van der Waals surface area contributed by atoms with E-state index in [-0.39, 0.29) is 41.8 Å². The van der Waals surface area contributed by atoms with Gasteiger partial charge in [0.05, 0.1) is 23.9 Å². The molecule has 0 aliphatic carbocycles. The Morgan fingerprint density at radius 3 is 2.45 bits per heavy atom. The molecule has 1 fully saturated rings. The Bertz CT molecular complexity index is 1080. The molecule has 8 nitrogen and oxygen atoms in total. The van der Waals surface area contributed by atoms with Crippen LogP contribution in [-0.2, 0) is 21.2 Å². The molecule has 0 saturated carbocycles. The number of carboxylic acids is 1. The molecule has 0 atom stereocenters. The number of thiophene rings is 1. The zero-order chi connectivity index (χ0) is 22.8. The van der Waals surface area contributed by atoms with Crippen molar-refractivity contribution in [2.24, 2.45) is 0 Å². The van der Waals surface area contributed by atoms with Gasteiger partial charge in [0.15, 0.2) is 0 Å². The summed E-state index contributed by atoms with van der Waals surface area (Å²) in [6.45, 7) is 3.50. The third kappa shape index (κ3) is 5.57. The van der Waals surface area contributed by atoms with Crippen molar-refractivity contribution < 1.29 is 28.2 Å². The molecule has 2 heterocycles. The predicted octanol–water partition coefficient (Wildman–Crippen LogP) is 4.18. The number of carbonyl (C=O) groups is 1. The van der Waals surface area contributed by atoms with E-state index in [1.807, 2.05) is 0 Å². The number of hydrogen-bond acceptors (Lipinski definition) is 7. The van der Waals surface area contributed by atoms with Crippen LogP contribution in [0.3, 0.4) is 0 Å². The van der Waals surface area contributed by atoms with Crippen LogP contribution in [0, 0.1) is 0 Å². The smallest absolute Gasteiger partial charge is 0.339 e. The van der Waals surface area contributed by atoms with Gasteiger partial charge in [-0.1, -0.05) is 34.8 Å². The van der Waals surface area contributed by atoms with Gasteiger partial charge in [-0.2, -0.15) is 0 Å². The Balaban J connectivity index is 1.89. The van der Waals surface area contributed by atoms with Gasteiger partial charge in [-0.05, 0) is 31.5 Å². The van der Waals surface area contributed by atoms with Crippen molar-refractivity contribution in [1.82, 2.24) is 4.90 Å². The first-order valence-corrected chi connectivity index (χ1v) is 12.6. The largest absolute Gasteiger partial charge is 0.507 e. The average Bonchev–Trinajstić information content (AvgIpc) is 2.96. The summed E-state index contributed by atoms with van der Waals surface area (Å²) in [5, 5.41) is 19.7. The molecule has 1 saturated heterocycles. The Morgan fingerprint density at radius 1 is 1.19 bits per heavy atom. The minimum Gasteiger partial charge on any atom is -0.507 e. The summed E-state index contributed by atoms with van der Waals surface area (Å²) in [5.74, 6) is -1.81. The molecule has 3 rings (SSSR count). The Labute approximate surface area is 198 Å². The highest BCUT2D eigenvalue weighted by Crippen LogP contribution is 2.44. The number of anilines is 1. The summed E-state index contributed by atoms with van der Waals surface area (Å²) in [6, 6.07) is 2.42. The number of rotatable bonds is 8. The lowest BCUT2D eigenvalue weighted by Crippen LogP contribution is -2.37. The summed E-state index contributed by atoms with van der Waals surface area (Å²) in [5.41, 5.74) is -0.108. The van der Waals surface area contributed by atoms with E-state index in [1.54, 1.807) is 0 Å². The number of carboxylic acid groups (broad SMARTS) is 1. The molecular weight excluding hydrogens is 511 g/mol. The first-order valence-electron chi connectivity index (χ1n) is 9.16. The quantitative estimate of drug-likeness (QED) is 0.470. The SMILES string of the molecule is O=C(O)c1ccc(NS(=O)(=O)c2c(Cl)sc(Cl)c2Cl)c(CCCN2CCOCC2)c1O. The predicted molar refractivity (Wildman–Crippen MR) is 121 cm³/mol. The van der Waals surface area contributed by atoms with E-state index >= 15 is 0 Å². The molecule has 1 aliphatic rings. The van der Waals surface area contributed by atoms with Crippen LogP contribution in [0.2, 0.25) is 13.7 Å². The van der Waals surface area contributed by atoms with E-state index in [4.69, 9.17) is 39.5 Å². The monoisotopic (exact) mass is 528 g/mol. The number of aromatic hydroxyl groups is 1. The number of hydrogen-bond donors (Lipinski definition) is 3. The highest BCUT2D eigenvalue weighted by molar-refractivity contribution is 7.93. The fraction of sp³-hybridized carbons (Fsp3) is 0.389. The van der Waals surface area contributed by atoms with Crippen molar-refractivity contribution in [2.45, 2.75) is 17.7 Å². The molecule has 0 radical (unpaired) electrons. The summed E-state index contributed by atoms with van der Waals surface area (Å²) in [4.78, 5) is 13.2. The van der Waals surface area contributed by atoms with E-state index < -0.39 is 21.7 Å². The van der Waals surface area contributed by atoms with Crippen LogP contribution in [0.1, 0.15) is 22.3 Å². The normalized spacial score (nSPS) is 15.2. The zero-order valence-electron chi connectivity index (χ0n) is 16.0. The Hall–Kier alpha value is -1.27. The van der Waals surface area contributed by atoms with Gasteiger partial charge in [-0.3, -0.25) is 9.62 Å². The molecule has 0 bridgehead atoms. The van der Waals surface area contributed by atoms with Crippen molar-refractivity contribution in [2.75, 3.05) is 37.6 Å². The highest BCUT2D eigenvalue weighted by Gasteiger charge is 2.28. The number of halogens is 3. The second-order valence-corrected chi connectivity index (χ2v) is 11.0. The number of ether oxygens (including phenoxy) is 1. The lowest BCUT2D eigenvalue weighted by molar-refractivity contribution is 0.0374. The van der Waals surface area contributed by atoms with Gasteiger partial charge in [0, 0.05) is 18.7 Å². The summed E-state index contributed by atoms with van der Waals surface area (Å²) in [6.07, 6.45) is 0.811. The van der Waals surface area contributed by atoms with Gasteiger partial charge >= 0.3 is 5.97 Å². The van der Waals surface area contributed by atoms with Gasteiger partial charge in [-0.15, -0.1) is 11.3 Å². The standard InChI is InChI=1S/C18H19Cl3N2O6S2/c19-13-15(17(21)30-16(13)20)31(27,28)22-12-4-3-11(18(25)26)14(24)10(12)2-1-5-23-6-8-29-9-7-23/h3-4,22,24H,1-2,5-9H2,(H,25,26). The zero-order valence-corrected chi connectivity index (χ0v) is 19.9. The maximum atomic E-state index is 12.9. The van der Waals surface area contributed by atoms with Crippen LogP contribution >= 0.6 is 46.1 Å². The van der Waals surface area contributed by atoms with Gasteiger partial charge in [-0.25, -0.2) is 13.2 Å². The number of sulfonamides is 1. The van der Waals surface area contributed by atoms with E-state index in [9.17, 15) is 23.4 Å². The van der Waals surface area contributed by atoms with Crippen LogP contribution in [0.4, 0.5) is 5.69 Å². The van der Waals surface area contributed by atoms with E-state index in [2.05, 4.69) is 9.62 Å². The number of nitrogens with zero attached hydrogens (tertiary/aromatic N) is 1. The van der Waals surface area contributed by atoms with Crippen molar-refractivity contribution in [3.8, 4) is 5.75 Å². The molecule has 3 N–H and O–H groups in total. The first-order chi connectivity index (χ1) is 14.6. The lowest BCUT2D eigenvalue weighted by atomic mass is 10.0. The molecule has 0 unspecified atom stereocenters. The minimum absolute atomic E-state index is 0.0295.